The normalized spacial score (nSPS) is 12.9. The standard InChI is InChI=1S/C16H10Cl2N4O4/c1-25-7-4-2-6(3-5-7)8-9-11(23)19-15(17)21-13(9)26-14-10(8)12(24)20-16(18)22-14/h2-5,8H,1H3,(H,19,21,23)(H,20,22,24). The van der Waals surface area contributed by atoms with Crippen LogP contribution in [0.2, 0.25) is 10.6 Å². The summed E-state index contributed by atoms with van der Waals surface area (Å²) in [7, 11) is 1.54. The van der Waals surface area contributed by atoms with E-state index in [0.29, 0.717) is 11.3 Å². The van der Waals surface area contributed by atoms with Gasteiger partial charge in [0.1, 0.15) is 5.75 Å². The van der Waals surface area contributed by atoms with Gasteiger partial charge in [0.15, 0.2) is 0 Å². The number of halogens is 2. The average Bonchev–Trinajstić information content (AvgIpc) is 2.59. The minimum atomic E-state index is -0.762. The maximum atomic E-state index is 12.5. The lowest BCUT2D eigenvalue weighted by atomic mass is 9.86. The zero-order valence-corrected chi connectivity index (χ0v) is 14.7. The molecule has 3 aromatic rings. The lowest BCUT2D eigenvalue weighted by molar-refractivity contribution is 0.408. The van der Waals surface area contributed by atoms with Crippen LogP contribution in [0.25, 0.3) is 0 Å². The number of benzene rings is 1. The minimum Gasteiger partial charge on any atom is -0.497 e. The van der Waals surface area contributed by atoms with Crippen LogP contribution >= 0.6 is 23.2 Å². The van der Waals surface area contributed by atoms with Crippen molar-refractivity contribution in [2.75, 3.05) is 7.11 Å². The van der Waals surface area contributed by atoms with Crippen LogP contribution in [-0.4, -0.2) is 27.0 Å². The molecule has 0 saturated carbocycles. The Balaban J connectivity index is 2.03. The van der Waals surface area contributed by atoms with Gasteiger partial charge in [-0.2, -0.15) is 9.97 Å². The van der Waals surface area contributed by atoms with Crippen LogP contribution < -0.4 is 20.6 Å². The van der Waals surface area contributed by atoms with E-state index in [1.54, 1.807) is 31.4 Å². The van der Waals surface area contributed by atoms with E-state index in [1.807, 2.05) is 0 Å². The Kier molecular flexibility index (Phi) is 3.93. The predicted octanol–water partition coefficient (Wildman–Crippen LogP) is 2.45. The third kappa shape index (κ3) is 2.63. The highest BCUT2D eigenvalue weighted by atomic mass is 35.5. The van der Waals surface area contributed by atoms with E-state index in [4.69, 9.17) is 32.7 Å². The zero-order chi connectivity index (χ0) is 18.4. The Labute approximate surface area is 155 Å². The highest BCUT2D eigenvalue weighted by Crippen LogP contribution is 2.42. The molecule has 10 heteroatoms. The van der Waals surface area contributed by atoms with Crippen LogP contribution in [0.4, 0.5) is 0 Å². The summed E-state index contributed by atoms with van der Waals surface area (Å²) in [5.74, 6) is -0.184. The number of nitrogens with one attached hydrogen (secondary N) is 2. The molecule has 4 rings (SSSR count). The number of ether oxygens (including phenoxy) is 2. The third-order valence-electron chi connectivity index (χ3n) is 4.00. The van der Waals surface area contributed by atoms with E-state index in [9.17, 15) is 9.59 Å². The van der Waals surface area contributed by atoms with Gasteiger partial charge in [-0.05, 0) is 40.9 Å². The second-order valence-corrected chi connectivity index (χ2v) is 6.18. The first-order valence-electron chi connectivity index (χ1n) is 7.39. The van der Waals surface area contributed by atoms with Crippen molar-refractivity contribution < 1.29 is 9.47 Å². The van der Waals surface area contributed by atoms with E-state index < -0.39 is 17.0 Å². The van der Waals surface area contributed by atoms with Gasteiger partial charge in [0, 0.05) is 0 Å². The van der Waals surface area contributed by atoms with Gasteiger partial charge in [-0.25, -0.2) is 0 Å². The van der Waals surface area contributed by atoms with Crippen molar-refractivity contribution in [3.8, 4) is 17.5 Å². The van der Waals surface area contributed by atoms with Crippen LogP contribution in [0.3, 0.4) is 0 Å². The van der Waals surface area contributed by atoms with E-state index in [0.717, 1.165) is 0 Å². The Bertz CT molecular complexity index is 1060. The van der Waals surface area contributed by atoms with Crippen molar-refractivity contribution in [2.24, 2.45) is 0 Å². The van der Waals surface area contributed by atoms with Gasteiger partial charge in [-0.3, -0.25) is 19.6 Å². The van der Waals surface area contributed by atoms with Gasteiger partial charge in [0.05, 0.1) is 24.2 Å². The number of hydrogen-bond donors (Lipinski definition) is 2. The van der Waals surface area contributed by atoms with E-state index >= 15 is 0 Å². The van der Waals surface area contributed by atoms with Crippen LogP contribution in [0.5, 0.6) is 17.5 Å². The molecular formula is C16H10Cl2N4O4. The molecule has 0 fully saturated rings. The molecule has 0 spiro atoms. The predicted molar refractivity (Wildman–Crippen MR) is 93.7 cm³/mol. The lowest BCUT2D eigenvalue weighted by Gasteiger charge is -2.25. The second kappa shape index (κ2) is 6.15. The molecule has 1 aromatic carbocycles. The number of aromatic nitrogens is 4. The number of hydrogen-bond acceptors (Lipinski definition) is 6. The van der Waals surface area contributed by atoms with Crippen LogP contribution in [0, 0.1) is 0 Å². The highest BCUT2D eigenvalue weighted by molar-refractivity contribution is 6.28. The number of H-pyrrole nitrogens is 2. The molecule has 26 heavy (non-hydrogen) atoms. The summed E-state index contributed by atoms with van der Waals surface area (Å²) in [4.78, 5) is 37.9. The lowest BCUT2D eigenvalue weighted by Crippen LogP contribution is -2.29. The molecule has 1 aliphatic heterocycles. The number of methoxy groups -OCH3 is 1. The first kappa shape index (κ1) is 16.6. The molecule has 132 valence electrons. The smallest absolute Gasteiger partial charge is 0.259 e. The zero-order valence-electron chi connectivity index (χ0n) is 13.2. The Hall–Kier alpha value is -2.84. The summed E-state index contributed by atoms with van der Waals surface area (Å²) in [6.45, 7) is 0. The highest BCUT2D eigenvalue weighted by Gasteiger charge is 2.36. The number of nitrogens with zero attached hydrogens (tertiary/aromatic N) is 2. The third-order valence-corrected chi connectivity index (χ3v) is 4.36. The molecule has 3 heterocycles. The molecule has 0 amide bonds. The summed E-state index contributed by atoms with van der Waals surface area (Å²) in [6.07, 6.45) is 0. The van der Waals surface area contributed by atoms with Crippen LogP contribution in [0.15, 0.2) is 33.9 Å². The molecule has 0 unspecified atom stereocenters. The van der Waals surface area contributed by atoms with Crippen molar-refractivity contribution in [1.82, 2.24) is 19.9 Å². The molecule has 2 N–H and O–H groups in total. The number of aromatic amines is 2. The maximum absolute atomic E-state index is 12.5. The molecule has 0 saturated heterocycles. The number of fused-ring (bicyclic) bond motifs is 2. The molecule has 2 aromatic heterocycles. The summed E-state index contributed by atoms with van der Waals surface area (Å²) in [6, 6.07) is 6.92. The van der Waals surface area contributed by atoms with E-state index in [1.165, 1.54) is 0 Å². The summed E-state index contributed by atoms with van der Waals surface area (Å²) in [5, 5.41) is -0.275. The molecule has 8 nitrogen and oxygen atoms in total. The Morgan fingerprint density at radius 2 is 1.46 bits per heavy atom. The molecule has 0 bridgehead atoms. The number of rotatable bonds is 2. The largest absolute Gasteiger partial charge is 0.497 e. The fraction of sp³-hybridized carbons (Fsp3) is 0.125. The quantitative estimate of drug-likeness (QED) is 0.507. The molecule has 0 aliphatic carbocycles. The second-order valence-electron chi connectivity index (χ2n) is 5.46. The van der Waals surface area contributed by atoms with Gasteiger partial charge < -0.3 is 9.47 Å². The van der Waals surface area contributed by atoms with Crippen molar-refractivity contribution in [3.05, 3.63) is 72.2 Å². The molecule has 1 aliphatic rings. The van der Waals surface area contributed by atoms with Crippen molar-refractivity contribution in [2.45, 2.75) is 5.92 Å². The monoisotopic (exact) mass is 392 g/mol. The fourth-order valence-corrected chi connectivity index (χ4v) is 3.23. The van der Waals surface area contributed by atoms with Crippen molar-refractivity contribution in [1.29, 1.82) is 0 Å². The molecule has 0 radical (unpaired) electrons. The van der Waals surface area contributed by atoms with Gasteiger partial charge in [0.2, 0.25) is 22.3 Å². The van der Waals surface area contributed by atoms with Gasteiger partial charge in [0.25, 0.3) is 11.1 Å². The average molecular weight is 393 g/mol. The van der Waals surface area contributed by atoms with Crippen LogP contribution in [-0.2, 0) is 0 Å². The van der Waals surface area contributed by atoms with E-state index in [-0.39, 0.29) is 33.5 Å². The first-order chi connectivity index (χ1) is 12.5. The SMILES string of the molecule is COc1ccc(C2c3c(nc(Cl)[nH]c3=O)Oc3nc(Cl)[nH]c(=O)c32)cc1. The Morgan fingerprint density at radius 3 is 1.92 bits per heavy atom. The fourth-order valence-electron chi connectivity index (χ4n) is 2.90. The molecule has 0 atom stereocenters. The van der Waals surface area contributed by atoms with Crippen LogP contribution in [0.1, 0.15) is 22.6 Å². The van der Waals surface area contributed by atoms with Gasteiger partial charge in [-0.15, -0.1) is 0 Å². The Morgan fingerprint density at radius 1 is 0.962 bits per heavy atom. The van der Waals surface area contributed by atoms with Gasteiger partial charge in [-0.1, -0.05) is 12.1 Å². The topological polar surface area (TPSA) is 110 Å². The summed E-state index contributed by atoms with van der Waals surface area (Å²) < 4.78 is 10.7. The summed E-state index contributed by atoms with van der Waals surface area (Å²) >= 11 is 11.7. The van der Waals surface area contributed by atoms with E-state index in [2.05, 4.69) is 19.9 Å². The summed E-state index contributed by atoms with van der Waals surface area (Å²) in [5.41, 5.74) is -0.0640. The van der Waals surface area contributed by atoms with Gasteiger partial charge >= 0.3 is 0 Å². The minimum absolute atomic E-state index is 0.0266. The first-order valence-corrected chi connectivity index (χ1v) is 8.14. The molecular weight excluding hydrogens is 383 g/mol. The maximum Gasteiger partial charge on any atom is 0.259 e. The van der Waals surface area contributed by atoms with Crippen molar-refractivity contribution in [3.63, 3.8) is 0 Å². The van der Waals surface area contributed by atoms with Crippen molar-refractivity contribution >= 4 is 23.2 Å².